The number of fused-ring (bicyclic) bond motifs is 1. The summed E-state index contributed by atoms with van der Waals surface area (Å²) >= 11 is 9.52. The molecule has 0 radical (unpaired) electrons. The molecule has 3 nitrogen and oxygen atoms in total. The Labute approximate surface area is 130 Å². The van der Waals surface area contributed by atoms with Crippen LogP contribution < -0.4 is 10.6 Å². The van der Waals surface area contributed by atoms with Gasteiger partial charge in [0.2, 0.25) is 0 Å². The van der Waals surface area contributed by atoms with Gasteiger partial charge in [-0.1, -0.05) is 39.7 Å². The lowest BCUT2D eigenvalue weighted by molar-refractivity contribution is -0.116. The van der Waals surface area contributed by atoms with Gasteiger partial charge in [-0.3, -0.25) is 4.79 Å². The van der Waals surface area contributed by atoms with E-state index in [2.05, 4.69) is 26.6 Å². The van der Waals surface area contributed by atoms with Gasteiger partial charge >= 0.3 is 0 Å². The summed E-state index contributed by atoms with van der Waals surface area (Å²) in [5.41, 5.74) is 3.67. The second-order valence-corrected chi connectivity index (χ2v) is 6.02. The van der Waals surface area contributed by atoms with Crippen molar-refractivity contribution in [3.05, 3.63) is 57.0 Å². The van der Waals surface area contributed by atoms with Crippen molar-refractivity contribution < 1.29 is 4.79 Å². The molecule has 1 amide bonds. The van der Waals surface area contributed by atoms with Crippen molar-refractivity contribution in [2.24, 2.45) is 0 Å². The molecular formula is C15H12BrClN2O. The van der Waals surface area contributed by atoms with Crippen LogP contribution in [0, 0.1) is 6.92 Å². The number of nitrogens with one attached hydrogen (secondary N) is 2. The molecule has 0 spiro atoms. The number of amides is 1. The Kier molecular flexibility index (Phi) is 3.44. The lowest BCUT2D eigenvalue weighted by atomic mass is 10.1. The van der Waals surface area contributed by atoms with Crippen molar-refractivity contribution in [2.75, 3.05) is 10.6 Å². The molecule has 0 saturated heterocycles. The number of rotatable bonds is 2. The molecule has 2 aromatic carbocycles. The maximum atomic E-state index is 12.2. The number of carbonyl (C=O) groups is 1. The van der Waals surface area contributed by atoms with Crippen LogP contribution in [0.25, 0.3) is 0 Å². The van der Waals surface area contributed by atoms with E-state index in [9.17, 15) is 4.79 Å². The fraction of sp³-hybridized carbons (Fsp3) is 0.133. The Hall–Kier alpha value is -1.52. The van der Waals surface area contributed by atoms with Crippen molar-refractivity contribution in [1.82, 2.24) is 0 Å². The molecule has 0 bridgehead atoms. The van der Waals surface area contributed by atoms with E-state index in [4.69, 9.17) is 11.6 Å². The number of anilines is 2. The second kappa shape index (κ2) is 5.11. The molecule has 1 atom stereocenters. The van der Waals surface area contributed by atoms with Crippen LogP contribution in [0.3, 0.4) is 0 Å². The third kappa shape index (κ3) is 2.30. The maximum Gasteiger partial charge on any atom is 0.251 e. The predicted molar refractivity (Wildman–Crippen MR) is 85.3 cm³/mol. The topological polar surface area (TPSA) is 41.1 Å². The molecule has 1 heterocycles. The first-order valence-electron chi connectivity index (χ1n) is 6.18. The number of benzene rings is 2. The fourth-order valence-electron chi connectivity index (χ4n) is 2.32. The molecule has 0 aliphatic carbocycles. The SMILES string of the molecule is Cc1ccc(Cl)cc1NC1C(=O)Nc2cccc(Br)c21. The van der Waals surface area contributed by atoms with Crippen LogP contribution in [-0.2, 0) is 4.79 Å². The van der Waals surface area contributed by atoms with E-state index in [1.54, 1.807) is 0 Å². The summed E-state index contributed by atoms with van der Waals surface area (Å²) in [5.74, 6) is -0.0636. The highest BCUT2D eigenvalue weighted by Gasteiger charge is 2.32. The summed E-state index contributed by atoms with van der Waals surface area (Å²) in [7, 11) is 0. The van der Waals surface area contributed by atoms with Gasteiger partial charge in [0.15, 0.2) is 0 Å². The Morgan fingerprint density at radius 3 is 2.90 bits per heavy atom. The minimum Gasteiger partial charge on any atom is -0.370 e. The number of aryl methyl sites for hydroxylation is 1. The molecular weight excluding hydrogens is 340 g/mol. The van der Waals surface area contributed by atoms with Crippen LogP contribution in [0.5, 0.6) is 0 Å². The highest BCUT2D eigenvalue weighted by Crippen LogP contribution is 2.38. The number of hydrogen-bond acceptors (Lipinski definition) is 2. The summed E-state index contributed by atoms with van der Waals surface area (Å²) in [6.07, 6.45) is 0. The van der Waals surface area contributed by atoms with Gasteiger partial charge in [-0.05, 0) is 36.8 Å². The standard InChI is InChI=1S/C15H12BrClN2O/c1-8-5-6-9(17)7-12(8)18-14-13-10(16)3-2-4-11(13)19-15(14)20/h2-7,14,18H,1H3,(H,19,20). The lowest BCUT2D eigenvalue weighted by Gasteiger charge is -2.16. The van der Waals surface area contributed by atoms with E-state index in [-0.39, 0.29) is 5.91 Å². The molecule has 0 fully saturated rings. The molecule has 5 heteroatoms. The number of hydrogen-bond donors (Lipinski definition) is 2. The molecule has 20 heavy (non-hydrogen) atoms. The average Bonchev–Trinajstić information content (AvgIpc) is 2.72. The fourth-order valence-corrected chi connectivity index (χ4v) is 3.09. The van der Waals surface area contributed by atoms with Gasteiger partial charge < -0.3 is 10.6 Å². The first kappa shape index (κ1) is 13.5. The average molecular weight is 352 g/mol. The second-order valence-electron chi connectivity index (χ2n) is 4.73. The zero-order chi connectivity index (χ0) is 14.3. The van der Waals surface area contributed by atoms with Crippen LogP contribution in [0.4, 0.5) is 11.4 Å². The summed E-state index contributed by atoms with van der Waals surface area (Å²) in [4.78, 5) is 12.2. The van der Waals surface area contributed by atoms with Crippen molar-refractivity contribution in [3.8, 4) is 0 Å². The molecule has 1 unspecified atom stereocenters. The molecule has 1 aliphatic rings. The zero-order valence-electron chi connectivity index (χ0n) is 10.7. The minimum absolute atomic E-state index is 0.0636. The Bertz CT molecular complexity index is 702. The van der Waals surface area contributed by atoms with Crippen molar-refractivity contribution >= 4 is 44.8 Å². The Morgan fingerprint density at radius 1 is 1.30 bits per heavy atom. The minimum atomic E-state index is -0.419. The van der Waals surface area contributed by atoms with Crippen molar-refractivity contribution in [3.63, 3.8) is 0 Å². The van der Waals surface area contributed by atoms with Crippen LogP contribution >= 0.6 is 27.5 Å². The largest absolute Gasteiger partial charge is 0.370 e. The first-order chi connectivity index (χ1) is 9.56. The summed E-state index contributed by atoms with van der Waals surface area (Å²) < 4.78 is 0.908. The van der Waals surface area contributed by atoms with Crippen molar-refractivity contribution in [1.29, 1.82) is 0 Å². The number of carbonyl (C=O) groups excluding carboxylic acids is 1. The van der Waals surface area contributed by atoms with Gasteiger partial charge in [0, 0.05) is 26.4 Å². The van der Waals surface area contributed by atoms with Gasteiger partial charge in [-0.15, -0.1) is 0 Å². The number of halogens is 2. The van der Waals surface area contributed by atoms with E-state index in [1.165, 1.54) is 0 Å². The van der Waals surface area contributed by atoms with E-state index < -0.39 is 6.04 Å². The molecule has 102 valence electrons. The van der Waals surface area contributed by atoms with E-state index >= 15 is 0 Å². The van der Waals surface area contributed by atoms with Crippen LogP contribution in [0.15, 0.2) is 40.9 Å². The molecule has 2 aromatic rings. The van der Waals surface area contributed by atoms with Crippen LogP contribution in [0.2, 0.25) is 5.02 Å². The van der Waals surface area contributed by atoms with E-state index in [0.29, 0.717) is 5.02 Å². The Balaban J connectivity index is 2.00. The molecule has 1 aliphatic heterocycles. The van der Waals surface area contributed by atoms with Gasteiger partial charge in [-0.25, -0.2) is 0 Å². The normalized spacial score (nSPS) is 16.8. The van der Waals surface area contributed by atoms with Crippen LogP contribution in [-0.4, -0.2) is 5.91 Å². The van der Waals surface area contributed by atoms with Gasteiger partial charge in [-0.2, -0.15) is 0 Å². The molecule has 2 N–H and O–H groups in total. The van der Waals surface area contributed by atoms with E-state index in [0.717, 1.165) is 27.0 Å². The Morgan fingerprint density at radius 2 is 2.10 bits per heavy atom. The third-order valence-corrected chi connectivity index (χ3v) is 4.29. The van der Waals surface area contributed by atoms with Crippen LogP contribution in [0.1, 0.15) is 17.2 Å². The smallest absolute Gasteiger partial charge is 0.251 e. The molecule has 3 rings (SSSR count). The summed E-state index contributed by atoms with van der Waals surface area (Å²) in [5, 5.41) is 6.79. The van der Waals surface area contributed by atoms with Gasteiger partial charge in [0.25, 0.3) is 5.91 Å². The van der Waals surface area contributed by atoms with Gasteiger partial charge in [0.05, 0.1) is 0 Å². The predicted octanol–water partition coefficient (Wildman–Crippen LogP) is 4.52. The van der Waals surface area contributed by atoms with E-state index in [1.807, 2.05) is 43.3 Å². The summed E-state index contributed by atoms with van der Waals surface area (Å²) in [6, 6.07) is 10.9. The third-order valence-electron chi connectivity index (χ3n) is 3.36. The summed E-state index contributed by atoms with van der Waals surface area (Å²) in [6.45, 7) is 1.98. The zero-order valence-corrected chi connectivity index (χ0v) is 13.0. The first-order valence-corrected chi connectivity index (χ1v) is 7.35. The molecule has 0 saturated carbocycles. The maximum absolute atomic E-state index is 12.2. The quantitative estimate of drug-likeness (QED) is 0.835. The highest BCUT2D eigenvalue weighted by molar-refractivity contribution is 9.10. The molecule has 0 aromatic heterocycles. The van der Waals surface area contributed by atoms with Crippen molar-refractivity contribution in [2.45, 2.75) is 13.0 Å². The van der Waals surface area contributed by atoms with Gasteiger partial charge in [0.1, 0.15) is 6.04 Å². The highest BCUT2D eigenvalue weighted by atomic mass is 79.9. The lowest BCUT2D eigenvalue weighted by Crippen LogP contribution is -2.20. The monoisotopic (exact) mass is 350 g/mol.